The van der Waals surface area contributed by atoms with Gasteiger partial charge in [-0.2, -0.15) is 0 Å². The van der Waals surface area contributed by atoms with E-state index in [1.165, 1.54) is 0 Å². The molecule has 106 valence electrons. The summed E-state index contributed by atoms with van der Waals surface area (Å²) in [4.78, 5) is 11.1. The van der Waals surface area contributed by atoms with Crippen LogP contribution < -0.4 is 10.5 Å². The lowest BCUT2D eigenvalue weighted by atomic mass is 10.2. The van der Waals surface area contributed by atoms with E-state index >= 15 is 0 Å². The molecule has 0 aliphatic heterocycles. The summed E-state index contributed by atoms with van der Waals surface area (Å²) in [5.74, 6) is 0.731. The molecule has 0 radical (unpaired) electrons. The summed E-state index contributed by atoms with van der Waals surface area (Å²) in [7, 11) is 0. The van der Waals surface area contributed by atoms with Crippen LogP contribution in [-0.4, -0.2) is 19.2 Å². The minimum absolute atomic E-state index is 0.113. The molecule has 1 aromatic rings. The van der Waals surface area contributed by atoms with Gasteiger partial charge in [0.2, 0.25) is 0 Å². The van der Waals surface area contributed by atoms with E-state index < -0.39 is 0 Å². The number of carbonyl (C=O) groups is 1. The highest BCUT2D eigenvalue weighted by atomic mass is 16.5. The van der Waals surface area contributed by atoms with Crippen molar-refractivity contribution in [3.8, 4) is 5.75 Å². The average molecular weight is 265 g/mol. The predicted octanol–water partition coefficient (Wildman–Crippen LogP) is 3.08. The normalized spacial score (nSPS) is 10.2. The van der Waals surface area contributed by atoms with Crippen molar-refractivity contribution in [1.82, 2.24) is 0 Å². The highest BCUT2D eigenvalue weighted by Gasteiger charge is 2.01. The maximum Gasteiger partial charge on any atom is 0.305 e. The zero-order valence-corrected chi connectivity index (χ0v) is 11.8. The Hall–Kier alpha value is -1.71. The van der Waals surface area contributed by atoms with Gasteiger partial charge in [-0.1, -0.05) is 0 Å². The van der Waals surface area contributed by atoms with Crippen molar-refractivity contribution < 1.29 is 14.3 Å². The molecule has 0 fully saturated rings. The van der Waals surface area contributed by atoms with E-state index in [1.54, 1.807) is 0 Å². The molecular formula is C15H23NO3. The van der Waals surface area contributed by atoms with Gasteiger partial charge in [-0.15, -0.1) is 0 Å². The molecule has 0 heterocycles. The summed E-state index contributed by atoms with van der Waals surface area (Å²) in [5.41, 5.74) is 7.54. The Morgan fingerprint density at radius 1 is 1.26 bits per heavy atom. The summed E-state index contributed by atoms with van der Waals surface area (Å²) in [6.45, 7) is 4.90. The van der Waals surface area contributed by atoms with Crippen LogP contribution in [-0.2, 0) is 9.53 Å². The predicted molar refractivity (Wildman–Crippen MR) is 76.2 cm³/mol. The SMILES string of the molecule is CCOC(=O)CCCCCOc1ccc(N)c(C)c1. The molecule has 1 rings (SSSR count). The molecule has 0 saturated carbocycles. The molecule has 0 spiro atoms. The summed E-state index contributed by atoms with van der Waals surface area (Å²) in [6, 6.07) is 5.67. The summed E-state index contributed by atoms with van der Waals surface area (Å²) < 4.78 is 10.5. The molecule has 0 amide bonds. The molecule has 0 aromatic heterocycles. The van der Waals surface area contributed by atoms with Crippen LogP contribution in [0.1, 0.15) is 38.2 Å². The smallest absolute Gasteiger partial charge is 0.305 e. The van der Waals surface area contributed by atoms with Crippen molar-refractivity contribution in [2.75, 3.05) is 18.9 Å². The molecule has 0 aliphatic rings. The largest absolute Gasteiger partial charge is 0.494 e. The summed E-state index contributed by atoms with van der Waals surface area (Å²) in [6.07, 6.45) is 3.24. The van der Waals surface area contributed by atoms with E-state index in [4.69, 9.17) is 15.2 Å². The highest BCUT2D eigenvalue weighted by molar-refractivity contribution is 5.69. The number of carbonyl (C=O) groups excluding carboxylic acids is 1. The van der Waals surface area contributed by atoms with Crippen molar-refractivity contribution in [3.05, 3.63) is 23.8 Å². The van der Waals surface area contributed by atoms with Gasteiger partial charge in [-0.3, -0.25) is 4.79 Å². The Morgan fingerprint density at radius 2 is 2.05 bits per heavy atom. The van der Waals surface area contributed by atoms with Gasteiger partial charge < -0.3 is 15.2 Å². The van der Waals surface area contributed by atoms with E-state index in [-0.39, 0.29) is 5.97 Å². The zero-order chi connectivity index (χ0) is 14.1. The minimum atomic E-state index is -0.113. The highest BCUT2D eigenvalue weighted by Crippen LogP contribution is 2.18. The lowest BCUT2D eigenvalue weighted by Gasteiger charge is -2.08. The van der Waals surface area contributed by atoms with Crippen molar-refractivity contribution in [1.29, 1.82) is 0 Å². The zero-order valence-electron chi connectivity index (χ0n) is 11.8. The van der Waals surface area contributed by atoms with Crippen LogP contribution in [0.4, 0.5) is 5.69 Å². The Balaban J connectivity index is 2.10. The lowest BCUT2D eigenvalue weighted by molar-refractivity contribution is -0.143. The van der Waals surface area contributed by atoms with Crippen LogP contribution in [0.3, 0.4) is 0 Å². The van der Waals surface area contributed by atoms with Crippen LogP contribution in [0.5, 0.6) is 5.75 Å². The monoisotopic (exact) mass is 265 g/mol. The van der Waals surface area contributed by atoms with Crippen LogP contribution in [0.2, 0.25) is 0 Å². The minimum Gasteiger partial charge on any atom is -0.494 e. The molecule has 1 aromatic carbocycles. The fraction of sp³-hybridized carbons (Fsp3) is 0.533. The Kier molecular flexibility index (Phi) is 6.79. The number of esters is 1. The molecule has 0 saturated heterocycles. The fourth-order valence-corrected chi connectivity index (χ4v) is 1.71. The molecule has 0 unspecified atom stereocenters. The number of nitrogens with two attached hydrogens (primary N) is 1. The van der Waals surface area contributed by atoms with E-state index in [2.05, 4.69) is 0 Å². The van der Waals surface area contributed by atoms with E-state index in [1.807, 2.05) is 32.0 Å². The first-order chi connectivity index (χ1) is 9.13. The molecule has 4 heteroatoms. The van der Waals surface area contributed by atoms with Gasteiger partial charge in [-0.25, -0.2) is 0 Å². The number of anilines is 1. The van der Waals surface area contributed by atoms with Crippen LogP contribution in [0.15, 0.2) is 18.2 Å². The van der Waals surface area contributed by atoms with Gasteiger partial charge in [0.15, 0.2) is 0 Å². The van der Waals surface area contributed by atoms with Gasteiger partial charge in [0.1, 0.15) is 5.75 Å². The average Bonchev–Trinajstić information content (AvgIpc) is 2.38. The van der Waals surface area contributed by atoms with Gasteiger partial charge in [0.25, 0.3) is 0 Å². The third-order valence-electron chi connectivity index (χ3n) is 2.84. The van der Waals surface area contributed by atoms with Gasteiger partial charge in [-0.05, 0) is 56.9 Å². The second-order valence-corrected chi connectivity index (χ2v) is 4.48. The van der Waals surface area contributed by atoms with Crippen LogP contribution in [0.25, 0.3) is 0 Å². The first-order valence-corrected chi connectivity index (χ1v) is 6.78. The van der Waals surface area contributed by atoms with Crippen molar-refractivity contribution in [2.24, 2.45) is 0 Å². The Morgan fingerprint density at radius 3 is 2.74 bits per heavy atom. The number of hydrogen-bond donors (Lipinski definition) is 1. The maximum absolute atomic E-state index is 11.1. The van der Waals surface area contributed by atoms with Gasteiger partial charge in [0.05, 0.1) is 13.2 Å². The van der Waals surface area contributed by atoms with Crippen LogP contribution >= 0.6 is 0 Å². The first-order valence-electron chi connectivity index (χ1n) is 6.78. The second-order valence-electron chi connectivity index (χ2n) is 4.48. The number of benzene rings is 1. The standard InChI is InChI=1S/C15H23NO3/c1-3-18-15(17)7-5-4-6-10-19-13-8-9-14(16)12(2)11-13/h8-9,11H,3-7,10,16H2,1-2H3. The summed E-state index contributed by atoms with van der Waals surface area (Å²) in [5, 5.41) is 0. The first kappa shape index (κ1) is 15.3. The van der Waals surface area contributed by atoms with Crippen molar-refractivity contribution >= 4 is 11.7 Å². The molecule has 0 atom stereocenters. The molecule has 0 aliphatic carbocycles. The number of aryl methyl sites for hydroxylation is 1. The van der Waals surface area contributed by atoms with E-state index in [0.717, 1.165) is 36.3 Å². The number of rotatable bonds is 8. The number of unbranched alkanes of at least 4 members (excludes halogenated alkanes) is 2. The summed E-state index contributed by atoms with van der Waals surface area (Å²) >= 11 is 0. The molecule has 2 N–H and O–H groups in total. The number of hydrogen-bond acceptors (Lipinski definition) is 4. The maximum atomic E-state index is 11.1. The van der Waals surface area contributed by atoms with Crippen molar-refractivity contribution in [2.45, 2.75) is 39.5 Å². The number of ether oxygens (including phenoxy) is 2. The second kappa shape index (κ2) is 8.40. The molecule has 0 bridgehead atoms. The molecule has 19 heavy (non-hydrogen) atoms. The van der Waals surface area contributed by atoms with Crippen LogP contribution in [0, 0.1) is 6.92 Å². The lowest BCUT2D eigenvalue weighted by Crippen LogP contribution is -2.04. The van der Waals surface area contributed by atoms with E-state index in [9.17, 15) is 4.79 Å². The number of nitrogen functional groups attached to an aromatic ring is 1. The van der Waals surface area contributed by atoms with Gasteiger partial charge >= 0.3 is 5.97 Å². The quantitative estimate of drug-likeness (QED) is 0.446. The van der Waals surface area contributed by atoms with Crippen molar-refractivity contribution in [3.63, 3.8) is 0 Å². The fourth-order valence-electron chi connectivity index (χ4n) is 1.71. The molecular weight excluding hydrogens is 242 g/mol. The third-order valence-corrected chi connectivity index (χ3v) is 2.84. The Bertz CT molecular complexity index is 404. The van der Waals surface area contributed by atoms with E-state index in [0.29, 0.717) is 19.6 Å². The molecule has 4 nitrogen and oxygen atoms in total. The third kappa shape index (κ3) is 6.13. The topological polar surface area (TPSA) is 61.5 Å². The van der Waals surface area contributed by atoms with Gasteiger partial charge in [0, 0.05) is 12.1 Å². The Labute approximate surface area is 114 Å².